The standard InChI is InChI=1S/C15H27N5/c1-11(2)14-13(16)15(18(3)17-14)20-8-6-19(7-9-20)10-12-4-5-12/h11-12H,4-10,16H2,1-3H3. The molecule has 0 spiro atoms. The zero-order valence-corrected chi connectivity index (χ0v) is 13.0. The van der Waals surface area contributed by atoms with Crippen LogP contribution in [0, 0.1) is 5.92 Å². The highest BCUT2D eigenvalue weighted by molar-refractivity contribution is 5.67. The maximum absolute atomic E-state index is 6.32. The summed E-state index contributed by atoms with van der Waals surface area (Å²) in [5.74, 6) is 2.47. The summed E-state index contributed by atoms with van der Waals surface area (Å²) in [5, 5.41) is 4.60. The van der Waals surface area contributed by atoms with Crippen molar-refractivity contribution in [2.24, 2.45) is 13.0 Å². The molecule has 0 amide bonds. The van der Waals surface area contributed by atoms with Crippen LogP contribution < -0.4 is 10.6 Å². The fourth-order valence-corrected chi connectivity index (χ4v) is 3.16. The van der Waals surface area contributed by atoms with Crippen LogP contribution in [0.25, 0.3) is 0 Å². The van der Waals surface area contributed by atoms with Crippen molar-refractivity contribution in [2.45, 2.75) is 32.6 Å². The second-order valence-corrected chi connectivity index (χ2v) is 6.63. The third-order valence-corrected chi connectivity index (χ3v) is 4.51. The molecule has 1 aromatic heterocycles. The Morgan fingerprint density at radius 2 is 1.85 bits per heavy atom. The molecule has 0 bridgehead atoms. The van der Waals surface area contributed by atoms with E-state index in [0.29, 0.717) is 5.92 Å². The number of hydrogen-bond acceptors (Lipinski definition) is 4. The normalized spacial score (nSPS) is 20.9. The van der Waals surface area contributed by atoms with Gasteiger partial charge >= 0.3 is 0 Å². The minimum Gasteiger partial charge on any atom is -0.394 e. The van der Waals surface area contributed by atoms with Crippen LogP contribution >= 0.6 is 0 Å². The molecule has 2 heterocycles. The molecule has 0 atom stereocenters. The van der Waals surface area contributed by atoms with Gasteiger partial charge in [-0.15, -0.1) is 0 Å². The van der Waals surface area contributed by atoms with Gasteiger partial charge in [0.05, 0.1) is 11.4 Å². The first-order valence-corrected chi connectivity index (χ1v) is 7.86. The van der Waals surface area contributed by atoms with Gasteiger partial charge in [0.2, 0.25) is 0 Å². The van der Waals surface area contributed by atoms with Crippen LogP contribution in [0.5, 0.6) is 0 Å². The predicted molar refractivity (Wildman–Crippen MR) is 83.1 cm³/mol. The molecule has 0 radical (unpaired) electrons. The molecule has 0 aromatic carbocycles. The van der Waals surface area contributed by atoms with Gasteiger partial charge in [-0.25, -0.2) is 0 Å². The van der Waals surface area contributed by atoms with E-state index >= 15 is 0 Å². The first-order valence-electron chi connectivity index (χ1n) is 7.86. The zero-order valence-electron chi connectivity index (χ0n) is 13.0. The Kier molecular flexibility index (Phi) is 3.63. The summed E-state index contributed by atoms with van der Waals surface area (Å²) in [6.45, 7) is 10.0. The third kappa shape index (κ3) is 2.64. The van der Waals surface area contributed by atoms with Crippen LogP contribution in [0.15, 0.2) is 0 Å². The number of hydrogen-bond donors (Lipinski definition) is 1. The van der Waals surface area contributed by atoms with E-state index in [1.54, 1.807) is 0 Å². The van der Waals surface area contributed by atoms with E-state index in [1.807, 2.05) is 11.7 Å². The molecule has 2 aliphatic rings. The van der Waals surface area contributed by atoms with Crippen LogP contribution in [0.1, 0.15) is 38.3 Å². The smallest absolute Gasteiger partial charge is 0.150 e. The molecule has 20 heavy (non-hydrogen) atoms. The summed E-state index contributed by atoms with van der Waals surface area (Å²) in [6.07, 6.45) is 2.87. The second kappa shape index (κ2) is 5.28. The number of piperazine rings is 1. The lowest BCUT2D eigenvalue weighted by molar-refractivity contribution is 0.247. The number of rotatable bonds is 4. The number of nitrogens with zero attached hydrogens (tertiary/aromatic N) is 4. The maximum Gasteiger partial charge on any atom is 0.150 e. The van der Waals surface area contributed by atoms with Gasteiger partial charge in [0.15, 0.2) is 5.82 Å². The Bertz CT molecular complexity index is 467. The van der Waals surface area contributed by atoms with Crippen LogP contribution in [-0.4, -0.2) is 47.4 Å². The summed E-state index contributed by atoms with van der Waals surface area (Å²) in [6, 6.07) is 0. The molecule has 112 valence electrons. The van der Waals surface area contributed by atoms with Gasteiger partial charge in [-0.05, 0) is 24.7 Å². The molecule has 5 nitrogen and oxygen atoms in total. The third-order valence-electron chi connectivity index (χ3n) is 4.51. The van der Waals surface area contributed by atoms with Gasteiger partial charge in [0.1, 0.15) is 0 Å². The average Bonchev–Trinajstić information content (AvgIpc) is 3.16. The van der Waals surface area contributed by atoms with E-state index in [2.05, 4.69) is 28.7 Å². The summed E-state index contributed by atoms with van der Waals surface area (Å²) in [7, 11) is 2.01. The summed E-state index contributed by atoms with van der Waals surface area (Å²) in [5.41, 5.74) is 8.23. The highest BCUT2D eigenvalue weighted by Gasteiger charge is 2.28. The maximum atomic E-state index is 6.32. The van der Waals surface area contributed by atoms with Crippen LogP contribution in [0.3, 0.4) is 0 Å². The van der Waals surface area contributed by atoms with Gasteiger partial charge in [-0.2, -0.15) is 5.10 Å². The molecular weight excluding hydrogens is 250 g/mol. The summed E-state index contributed by atoms with van der Waals surface area (Å²) in [4.78, 5) is 5.00. The van der Waals surface area contributed by atoms with Gasteiger partial charge in [-0.1, -0.05) is 13.8 Å². The fraction of sp³-hybridized carbons (Fsp3) is 0.800. The molecule has 3 rings (SSSR count). The molecular formula is C15H27N5. The Morgan fingerprint density at radius 1 is 1.20 bits per heavy atom. The monoisotopic (exact) mass is 277 g/mol. The van der Waals surface area contributed by atoms with Crippen molar-refractivity contribution in [1.29, 1.82) is 0 Å². The average molecular weight is 277 g/mol. The van der Waals surface area contributed by atoms with E-state index in [-0.39, 0.29) is 0 Å². The van der Waals surface area contributed by atoms with Gasteiger partial charge < -0.3 is 10.6 Å². The Morgan fingerprint density at radius 3 is 2.35 bits per heavy atom. The van der Waals surface area contributed by atoms with Crippen LogP contribution in [0.4, 0.5) is 11.5 Å². The largest absolute Gasteiger partial charge is 0.394 e. The lowest BCUT2D eigenvalue weighted by atomic mass is 10.1. The molecule has 0 unspecified atom stereocenters. The quantitative estimate of drug-likeness (QED) is 0.909. The van der Waals surface area contributed by atoms with Crippen LogP contribution in [-0.2, 0) is 7.05 Å². The first-order chi connectivity index (χ1) is 9.56. The van der Waals surface area contributed by atoms with Gasteiger partial charge in [0.25, 0.3) is 0 Å². The lowest BCUT2D eigenvalue weighted by Gasteiger charge is -2.36. The number of nitrogens with two attached hydrogens (primary N) is 1. The first kappa shape index (κ1) is 13.7. The molecule has 1 aliphatic heterocycles. The van der Waals surface area contributed by atoms with E-state index in [4.69, 9.17) is 5.73 Å². The second-order valence-electron chi connectivity index (χ2n) is 6.63. The van der Waals surface area contributed by atoms with Crippen molar-refractivity contribution in [2.75, 3.05) is 43.4 Å². The molecule has 2 N–H and O–H groups in total. The fourth-order valence-electron chi connectivity index (χ4n) is 3.16. The van der Waals surface area contributed by atoms with E-state index in [1.165, 1.54) is 19.4 Å². The molecule has 1 saturated carbocycles. The molecule has 1 aromatic rings. The van der Waals surface area contributed by atoms with Crippen molar-refractivity contribution in [3.63, 3.8) is 0 Å². The van der Waals surface area contributed by atoms with E-state index < -0.39 is 0 Å². The Labute approximate surface area is 121 Å². The number of aromatic nitrogens is 2. The van der Waals surface area contributed by atoms with Gasteiger partial charge in [0, 0.05) is 39.8 Å². The highest BCUT2D eigenvalue weighted by Crippen LogP contribution is 2.32. The highest BCUT2D eigenvalue weighted by atomic mass is 15.4. The number of nitrogen functional groups attached to an aromatic ring is 1. The topological polar surface area (TPSA) is 50.3 Å². The number of aryl methyl sites for hydroxylation is 1. The van der Waals surface area contributed by atoms with Crippen molar-refractivity contribution in [1.82, 2.24) is 14.7 Å². The predicted octanol–water partition coefficient (Wildman–Crippen LogP) is 1.66. The van der Waals surface area contributed by atoms with Crippen LogP contribution in [0.2, 0.25) is 0 Å². The summed E-state index contributed by atoms with van der Waals surface area (Å²) < 4.78 is 1.96. The molecule has 1 saturated heterocycles. The van der Waals surface area contributed by atoms with Crippen molar-refractivity contribution < 1.29 is 0 Å². The summed E-state index contributed by atoms with van der Waals surface area (Å²) >= 11 is 0. The molecule has 1 aliphatic carbocycles. The minimum atomic E-state index is 0.381. The zero-order chi connectivity index (χ0) is 14.3. The lowest BCUT2D eigenvalue weighted by Crippen LogP contribution is -2.47. The minimum absolute atomic E-state index is 0.381. The van der Waals surface area contributed by atoms with Crippen molar-refractivity contribution in [3.05, 3.63) is 5.69 Å². The van der Waals surface area contributed by atoms with Crippen molar-refractivity contribution >= 4 is 11.5 Å². The van der Waals surface area contributed by atoms with Gasteiger partial charge in [-0.3, -0.25) is 9.58 Å². The number of anilines is 2. The SMILES string of the molecule is CC(C)c1nn(C)c(N2CCN(CC3CC3)CC2)c1N. The van der Waals surface area contributed by atoms with E-state index in [9.17, 15) is 0 Å². The van der Waals surface area contributed by atoms with E-state index in [0.717, 1.165) is 49.3 Å². The Balaban J connectivity index is 1.68. The molecule has 5 heteroatoms. The molecule has 2 fully saturated rings. The van der Waals surface area contributed by atoms with Crippen molar-refractivity contribution in [3.8, 4) is 0 Å². The Hall–Kier alpha value is -1.23.